The molecule has 0 amide bonds. The monoisotopic (exact) mass is 404 g/mol. The molecule has 1 N–H and O–H groups in total. The van der Waals surface area contributed by atoms with E-state index < -0.39 is 0 Å². The SMILES string of the molecule is Cc1[nH]c(Cc2cccc(Br)c2)nc1-c1cccc(Br)c1. The third-order valence-electron chi connectivity index (χ3n) is 3.29. The van der Waals surface area contributed by atoms with Gasteiger partial charge < -0.3 is 4.98 Å². The van der Waals surface area contributed by atoms with Crippen LogP contribution in [0.3, 0.4) is 0 Å². The molecule has 1 heterocycles. The molecule has 3 aromatic rings. The zero-order chi connectivity index (χ0) is 14.8. The Morgan fingerprint density at radius 2 is 1.71 bits per heavy atom. The molecular formula is C17H14Br2N2. The van der Waals surface area contributed by atoms with Crippen LogP contribution in [0.25, 0.3) is 11.3 Å². The van der Waals surface area contributed by atoms with E-state index in [1.807, 2.05) is 24.3 Å². The maximum Gasteiger partial charge on any atom is 0.111 e. The van der Waals surface area contributed by atoms with Crippen molar-refractivity contribution in [2.45, 2.75) is 13.3 Å². The molecule has 0 aliphatic carbocycles. The highest BCUT2D eigenvalue weighted by Crippen LogP contribution is 2.25. The van der Waals surface area contributed by atoms with Gasteiger partial charge in [0.05, 0.1) is 5.69 Å². The molecule has 0 saturated carbocycles. The second-order valence-corrected chi connectivity index (χ2v) is 6.81. The Bertz CT molecular complexity index is 778. The summed E-state index contributed by atoms with van der Waals surface area (Å²) in [6.07, 6.45) is 0.800. The molecule has 2 aromatic carbocycles. The van der Waals surface area contributed by atoms with E-state index in [1.165, 1.54) is 5.56 Å². The fourth-order valence-corrected chi connectivity index (χ4v) is 3.21. The molecule has 0 unspecified atom stereocenters. The summed E-state index contributed by atoms with van der Waals surface area (Å²) in [6.45, 7) is 2.06. The van der Waals surface area contributed by atoms with Crippen LogP contribution in [0.1, 0.15) is 17.1 Å². The van der Waals surface area contributed by atoms with Gasteiger partial charge in [-0.2, -0.15) is 0 Å². The van der Waals surface area contributed by atoms with E-state index >= 15 is 0 Å². The van der Waals surface area contributed by atoms with Gasteiger partial charge in [0.25, 0.3) is 0 Å². The minimum Gasteiger partial charge on any atom is -0.345 e. The third-order valence-corrected chi connectivity index (χ3v) is 4.28. The van der Waals surface area contributed by atoms with Gasteiger partial charge in [-0.1, -0.05) is 56.1 Å². The van der Waals surface area contributed by atoms with Gasteiger partial charge in [-0.25, -0.2) is 4.98 Å². The lowest BCUT2D eigenvalue weighted by Gasteiger charge is -1.99. The van der Waals surface area contributed by atoms with Gasteiger partial charge in [-0.15, -0.1) is 0 Å². The summed E-state index contributed by atoms with van der Waals surface area (Å²) in [7, 11) is 0. The Labute approximate surface area is 140 Å². The molecule has 0 bridgehead atoms. The lowest BCUT2D eigenvalue weighted by Crippen LogP contribution is -1.90. The van der Waals surface area contributed by atoms with Crippen molar-refractivity contribution in [3.05, 3.63) is 74.6 Å². The molecule has 0 aliphatic heterocycles. The van der Waals surface area contributed by atoms with Gasteiger partial charge in [-0.3, -0.25) is 0 Å². The van der Waals surface area contributed by atoms with E-state index in [4.69, 9.17) is 4.98 Å². The first-order valence-corrected chi connectivity index (χ1v) is 8.26. The van der Waals surface area contributed by atoms with Crippen LogP contribution in [0.15, 0.2) is 57.5 Å². The van der Waals surface area contributed by atoms with Crippen molar-refractivity contribution in [2.24, 2.45) is 0 Å². The molecule has 0 radical (unpaired) electrons. The number of halogens is 2. The predicted molar refractivity (Wildman–Crippen MR) is 93.4 cm³/mol. The first-order chi connectivity index (χ1) is 10.1. The standard InChI is InChI=1S/C17H14Br2N2/c1-11-17(13-5-3-7-15(19)10-13)21-16(20-11)9-12-4-2-6-14(18)8-12/h2-8,10H,9H2,1H3,(H,20,21). The summed E-state index contributed by atoms with van der Waals surface area (Å²) in [5.74, 6) is 0.987. The van der Waals surface area contributed by atoms with Gasteiger partial charge in [0.2, 0.25) is 0 Å². The second-order valence-electron chi connectivity index (χ2n) is 4.97. The summed E-state index contributed by atoms with van der Waals surface area (Å²) >= 11 is 7.01. The summed E-state index contributed by atoms with van der Waals surface area (Å²) in [4.78, 5) is 8.14. The number of imidazole rings is 1. The fraction of sp³-hybridized carbons (Fsp3) is 0.118. The maximum absolute atomic E-state index is 4.75. The Hall–Kier alpha value is -1.39. The normalized spacial score (nSPS) is 10.8. The van der Waals surface area contributed by atoms with Gasteiger partial charge in [-0.05, 0) is 36.8 Å². The van der Waals surface area contributed by atoms with Crippen LogP contribution in [0.5, 0.6) is 0 Å². The second kappa shape index (κ2) is 6.16. The molecule has 21 heavy (non-hydrogen) atoms. The van der Waals surface area contributed by atoms with Crippen LogP contribution < -0.4 is 0 Å². The first-order valence-electron chi connectivity index (χ1n) is 6.68. The van der Waals surface area contributed by atoms with E-state index in [1.54, 1.807) is 0 Å². The Kier molecular flexibility index (Phi) is 4.27. The minimum absolute atomic E-state index is 0.800. The Morgan fingerprint density at radius 1 is 1.00 bits per heavy atom. The number of nitrogens with zero attached hydrogens (tertiary/aromatic N) is 1. The molecule has 0 spiro atoms. The third kappa shape index (κ3) is 3.44. The van der Waals surface area contributed by atoms with Crippen molar-refractivity contribution in [3.8, 4) is 11.3 Å². The minimum atomic E-state index is 0.800. The van der Waals surface area contributed by atoms with Crippen molar-refractivity contribution in [1.82, 2.24) is 9.97 Å². The molecule has 1 aromatic heterocycles. The lowest BCUT2D eigenvalue weighted by atomic mass is 10.1. The number of aromatic amines is 1. The molecule has 0 atom stereocenters. The van der Waals surface area contributed by atoms with E-state index in [2.05, 4.69) is 68.0 Å². The van der Waals surface area contributed by atoms with Crippen LogP contribution >= 0.6 is 31.9 Å². The van der Waals surface area contributed by atoms with Gasteiger partial charge >= 0.3 is 0 Å². The highest BCUT2D eigenvalue weighted by atomic mass is 79.9. The van der Waals surface area contributed by atoms with Crippen LogP contribution in [0.2, 0.25) is 0 Å². The van der Waals surface area contributed by atoms with E-state index in [0.717, 1.165) is 38.1 Å². The van der Waals surface area contributed by atoms with Gasteiger partial charge in [0, 0.05) is 26.6 Å². The zero-order valence-corrected chi connectivity index (χ0v) is 14.7. The quantitative estimate of drug-likeness (QED) is 0.612. The number of nitrogens with one attached hydrogen (secondary N) is 1. The Morgan fingerprint density at radius 3 is 2.43 bits per heavy atom. The molecule has 4 heteroatoms. The van der Waals surface area contributed by atoms with Crippen molar-refractivity contribution < 1.29 is 0 Å². The van der Waals surface area contributed by atoms with Gasteiger partial charge in [0.1, 0.15) is 5.82 Å². The molecule has 0 aliphatic rings. The van der Waals surface area contributed by atoms with Crippen LogP contribution in [-0.2, 0) is 6.42 Å². The average molecular weight is 406 g/mol. The lowest BCUT2D eigenvalue weighted by molar-refractivity contribution is 1.02. The van der Waals surface area contributed by atoms with E-state index in [9.17, 15) is 0 Å². The largest absolute Gasteiger partial charge is 0.345 e. The highest BCUT2D eigenvalue weighted by molar-refractivity contribution is 9.10. The molecule has 2 nitrogen and oxygen atoms in total. The molecule has 0 saturated heterocycles. The molecular weight excluding hydrogens is 392 g/mol. The van der Waals surface area contributed by atoms with Crippen LogP contribution in [0.4, 0.5) is 0 Å². The number of aromatic nitrogens is 2. The predicted octanol–water partition coefficient (Wildman–Crippen LogP) is 5.50. The molecule has 106 valence electrons. The van der Waals surface area contributed by atoms with Crippen molar-refractivity contribution in [1.29, 1.82) is 0 Å². The van der Waals surface area contributed by atoms with Crippen molar-refractivity contribution in [2.75, 3.05) is 0 Å². The summed E-state index contributed by atoms with van der Waals surface area (Å²) in [5.41, 5.74) is 4.47. The topological polar surface area (TPSA) is 28.7 Å². The zero-order valence-electron chi connectivity index (χ0n) is 11.5. The van der Waals surface area contributed by atoms with Crippen molar-refractivity contribution in [3.63, 3.8) is 0 Å². The number of rotatable bonds is 3. The smallest absolute Gasteiger partial charge is 0.111 e. The highest BCUT2D eigenvalue weighted by Gasteiger charge is 2.10. The molecule has 0 fully saturated rings. The number of H-pyrrole nitrogens is 1. The average Bonchev–Trinajstić information content (AvgIpc) is 2.79. The Balaban J connectivity index is 1.91. The number of benzene rings is 2. The first kappa shape index (κ1) is 14.5. The number of aryl methyl sites for hydroxylation is 1. The number of hydrogen-bond acceptors (Lipinski definition) is 1. The summed E-state index contributed by atoms with van der Waals surface area (Å²) in [6, 6.07) is 16.5. The molecule has 3 rings (SSSR count). The van der Waals surface area contributed by atoms with Crippen LogP contribution in [-0.4, -0.2) is 9.97 Å². The van der Waals surface area contributed by atoms with E-state index in [0.29, 0.717) is 0 Å². The summed E-state index contributed by atoms with van der Waals surface area (Å²) < 4.78 is 2.16. The van der Waals surface area contributed by atoms with Crippen molar-refractivity contribution >= 4 is 31.9 Å². The van der Waals surface area contributed by atoms with Crippen LogP contribution in [0, 0.1) is 6.92 Å². The summed E-state index contributed by atoms with van der Waals surface area (Å²) in [5, 5.41) is 0. The maximum atomic E-state index is 4.75. The number of hydrogen-bond donors (Lipinski definition) is 1. The van der Waals surface area contributed by atoms with E-state index in [-0.39, 0.29) is 0 Å². The fourth-order valence-electron chi connectivity index (χ4n) is 2.36. The van der Waals surface area contributed by atoms with Gasteiger partial charge in [0.15, 0.2) is 0 Å².